The summed E-state index contributed by atoms with van der Waals surface area (Å²) in [7, 11) is -1.87. The number of hydrogen-bond donors (Lipinski definition) is 2. The number of carbonyl (C=O) groups is 1. The maximum Gasteiger partial charge on any atom is 0.313 e. The Labute approximate surface area is 345 Å². The number of rotatable bonds is 10. The minimum absolute atomic E-state index is 0.0201. The minimum atomic E-state index is -1.87. The molecule has 7 aliphatic rings. The lowest BCUT2D eigenvalue weighted by atomic mass is 9.33. The third kappa shape index (κ3) is 6.73. The summed E-state index contributed by atoms with van der Waals surface area (Å²) in [6.07, 6.45) is 19.8. The maximum atomic E-state index is 12.7. The van der Waals surface area contributed by atoms with Gasteiger partial charge in [0.05, 0.1) is 0 Å². The Hall–Kier alpha value is -2.42. The average molecular weight is 800 g/mol. The third-order valence-electron chi connectivity index (χ3n) is 18.7. The van der Waals surface area contributed by atoms with Gasteiger partial charge in [-0.2, -0.15) is 0 Å². The number of aliphatic carboxylic acids is 1. The quantitative estimate of drug-likeness (QED) is 0.180. The van der Waals surface area contributed by atoms with Gasteiger partial charge >= 0.3 is 5.97 Å². The predicted molar refractivity (Wildman–Crippen MR) is 234 cm³/mol. The van der Waals surface area contributed by atoms with Crippen molar-refractivity contribution in [1.82, 2.24) is 15.2 Å². The van der Waals surface area contributed by atoms with Crippen LogP contribution in [0.1, 0.15) is 119 Å². The van der Waals surface area contributed by atoms with E-state index in [9.17, 15) is 14.1 Å². The van der Waals surface area contributed by atoms with Gasteiger partial charge in [0, 0.05) is 55.5 Å². The molecular weight excluding hydrogens is 727 g/mol. The highest BCUT2D eigenvalue weighted by atomic mass is 32.2. The average Bonchev–Trinajstić information content (AvgIpc) is 3.55. The summed E-state index contributed by atoms with van der Waals surface area (Å²) in [5, 5.41) is 14.7. The molecule has 57 heavy (non-hydrogen) atoms. The Bertz CT molecular complexity index is 1890. The van der Waals surface area contributed by atoms with E-state index in [4.69, 9.17) is 4.74 Å². The van der Waals surface area contributed by atoms with Gasteiger partial charge in [0.1, 0.15) is 12.0 Å². The maximum absolute atomic E-state index is 12.7. The zero-order valence-electron chi connectivity index (χ0n) is 36.2. The summed E-state index contributed by atoms with van der Waals surface area (Å²) in [6, 6.07) is 5.51. The van der Waals surface area contributed by atoms with Gasteiger partial charge in [-0.15, -0.1) is 0 Å². The molecule has 0 radical (unpaired) electrons. The first-order valence-corrected chi connectivity index (χ1v) is 24.6. The van der Waals surface area contributed by atoms with Gasteiger partial charge < -0.3 is 20.1 Å². The van der Waals surface area contributed by atoms with Crippen molar-refractivity contribution in [2.45, 2.75) is 124 Å². The van der Waals surface area contributed by atoms with Gasteiger partial charge in [0.15, 0.2) is 0 Å². The fourth-order valence-corrected chi connectivity index (χ4v) is 16.7. The largest absolute Gasteiger partial charge is 0.481 e. The molecule has 4 saturated carbocycles. The zero-order chi connectivity index (χ0) is 40.6. The number of carboxylic acid groups (broad SMARTS) is 1. The van der Waals surface area contributed by atoms with E-state index < -0.39 is 20.9 Å². The highest BCUT2D eigenvalue weighted by Crippen LogP contribution is 2.76. The second kappa shape index (κ2) is 14.6. The fourth-order valence-electron chi connectivity index (χ4n) is 15.3. The molecule has 1 aliphatic heterocycles. The van der Waals surface area contributed by atoms with Gasteiger partial charge in [-0.05, 0) is 168 Å². The number of carboxylic acids is 1. The van der Waals surface area contributed by atoms with Crippen LogP contribution in [0.4, 0.5) is 0 Å². The molecule has 0 amide bonds. The van der Waals surface area contributed by atoms with Crippen LogP contribution in [0.3, 0.4) is 0 Å². The first-order valence-electron chi connectivity index (χ1n) is 22.5. The summed E-state index contributed by atoms with van der Waals surface area (Å²) in [6.45, 7) is 24.1. The van der Waals surface area contributed by atoms with E-state index >= 15 is 0 Å². The number of hydrogen-bond acceptors (Lipinski definition) is 6. The molecule has 0 unspecified atom stereocenters. The molecule has 0 bridgehead atoms. The number of nitrogens with one attached hydrogen (secondary N) is 1. The van der Waals surface area contributed by atoms with Crippen molar-refractivity contribution in [2.24, 2.45) is 56.7 Å². The van der Waals surface area contributed by atoms with E-state index in [1.165, 1.54) is 68.1 Å². The Balaban J connectivity index is 1.01. The van der Waals surface area contributed by atoms with Crippen molar-refractivity contribution in [3.05, 3.63) is 59.8 Å². The lowest BCUT2D eigenvalue weighted by Crippen LogP contribution is -2.68. The normalized spacial score (nSPS) is 42.3. The van der Waals surface area contributed by atoms with Gasteiger partial charge in [-0.3, -0.25) is 9.00 Å². The molecular formula is C49H73N3O4S. The highest BCUT2D eigenvalue weighted by Gasteiger charge is 2.70. The third-order valence-corrected chi connectivity index (χ3v) is 20.5. The van der Waals surface area contributed by atoms with Gasteiger partial charge in [-0.1, -0.05) is 65.0 Å². The number of pyridine rings is 1. The number of nitrogens with zero attached hydrogens (tertiary/aromatic N) is 2. The Morgan fingerprint density at radius 3 is 2.40 bits per heavy atom. The molecule has 0 spiro atoms. The molecule has 5 fully saturated rings. The molecule has 2 heterocycles. The molecule has 10 atom stereocenters. The predicted octanol–water partition coefficient (Wildman–Crippen LogP) is 9.21. The van der Waals surface area contributed by atoms with Crippen molar-refractivity contribution >= 4 is 21.4 Å². The van der Waals surface area contributed by atoms with Crippen molar-refractivity contribution < 1.29 is 18.8 Å². The number of ether oxygens (including phenoxy) is 1. The van der Waals surface area contributed by atoms with Gasteiger partial charge in [-0.25, -0.2) is 4.98 Å². The molecule has 8 heteroatoms. The van der Waals surface area contributed by atoms with Crippen LogP contribution in [-0.2, 0) is 14.3 Å². The van der Waals surface area contributed by atoms with E-state index in [0.717, 1.165) is 50.5 Å². The monoisotopic (exact) mass is 800 g/mol. The van der Waals surface area contributed by atoms with Crippen LogP contribution in [0, 0.1) is 56.7 Å². The van der Waals surface area contributed by atoms with Crippen molar-refractivity contribution in [3.63, 3.8) is 0 Å². The molecule has 1 aromatic heterocycles. The lowest BCUT2D eigenvalue weighted by molar-refractivity contribution is -0.221. The number of fused-ring (bicyclic) bond motifs is 7. The van der Waals surface area contributed by atoms with E-state index in [2.05, 4.69) is 81.3 Å². The zero-order valence-corrected chi connectivity index (χ0v) is 37.0. The first kappa shape index (κ1) is 41.3. The molecule has 7 nitrogen and oxygen atoms in total. The molecule has 1 aromatic rings. The summed E-state index contributed by atoms with van der Waals surface area (Å²) in [5.41, 5.74) is 4.31. The number of allylic oxidation sites excluding steroid dienone is 5. The topological polar surface area (TPSA) is 91.8 Å². The first-order chi connectivity index (χ1) is 26.9. The van der Waals surface area contributed by atoms with Crippen molar-refractivity contribution in [3.8, 4) is 5.88 Å². The Morgan fingerprint density at radius 1 is 0.965 bits per heavy atom. The summed E-state index contributed by atoms with van der Waals surface area (Å²) in [5.74, 6) is 8.36. The summed E-state index contributed by atoms with van der Waals surface area (Å²) < 4.78 is 18.5. The van der Waals surface area contributed by atoms with Gasteiger partial charge in [0.2, 0.25) is 5.88 Å². The minimum Gasteiger partial charge on any atom is -0.481 e. The van der Waals surface area contributed by atoms with Crippen LogP contribution >= 0.6 is 0 Å². The summed E-state index contributed by atoms with van der Waals surface area (Å²) >= 11 is 0. The van der Waals surface area contributed by atoms with Crippen LogP contribution in [0.15, 0.2) is 59.8 Å². The fraction of sp³-hybridized carbons (Fsp3) is 0.735. The second-order valence-electron chi connectivity index (χ2n) is 21.5. The lowest BCUT2D eigenvalue weighted by Gasteiger charge is -2.72. The molecule has 314 valence electrons. The highest BCUT2D eigenvalue weighted by molar-refractivity contribution is 8.00. The molecule has 1 saturated heterocycles. The van der Waals surface area contributed by atoms with Crippen LogP contribution in [0.5, 0.6) is 5.88 Å². The van der Waals surface area contributed by atoms with Crippen LogP contribution in [0.25, 0.3) is 0 Å². The standard InChI is InChI=1S/C49H73N3O4S/c1-34(2)36-16-23-49(51-27-28-52-29-31-57(8,55)32-30-52)25-24-46(6)38(42(36)49)12-13-40-45(5)19-17-37(44(3,4)39(45)18-20-47(40,46)7)35-14-21-48(22-15-35,43(53)54)33-56-41-11-9-10-26-50-41/h9-11,14,17,26,36,38-40,42,51H,1,8,12-13,15-16,18-25,27-33H2,2-7H3,(H,53,54)/t36-,38+,39-,40+,42+,45-,46+,47+,48-,49-/m0/s1. The van der Waals surface area contributed by atoms with Crippen LogP contribution in [-0.4, -0.2) is 80.9 Å². The van der Waals surface area contributed by atoms with Crippen LogP contribution in [0.2, 0.25) is 0 Å². The molecule has 8 rings (SSSR count). The SMILES string of the molecule is C=C(C)[C@@H]1CC[C@]2(NCCN3CCS(=C)(=O)CC3)CC[C@]3(C)[C@H](CC[C@@H]4[C@@]5(C)CC=C(C6=CC[C@](COc7ccccn7)(C(=O)O)CC6)C(C)(C)[C@@H]5CC[C@]43C)[C@@H]12. The van der Waals surface area contributed by atoms with E-state index in [0.29, 0.717) is 48.3 Å². The number of aromatic nitrogens is 1. The molecule has 0 aromatic carbocycles. The van der Waals surface area contributed by atoms with E-state index in [1.807, 2.05) is 12.1 Å². The van der Waals surface area contributed by atoms with E-state index in [1.54, 1.807) is 12.3 Å². The van der Waals surface area contributed by atoms with Gasteiger partial charge in [0.25, 0.3) is 0 Å². The van der Waals surface area contributed by atoms with Crippen molar-refractivity contribution in [1.29, 1.82) is 0 Å². The van der Waals surface area contributed by atoms with Crippen molar-refractivity contribution in [2.75, 3.05) is 44.3 Å². The van der Waals surface area contributed by atoms with E-state index in [-0.39, 0.29) is 33.8 Å². The van der Waals surface area contributed by atoms with Crippen LogP contribution < -0.4 is 10.1 Å². The summed E-state index contributed by atoms with van der Waals surface area (Å²) in [4.78, 5) is 19.5. The Kier molecular flexibility index (Phi) is 10.6. The smallest absolute Gasteiger partial charge is 0.313 e. The molecule has 6 aliphatic carbocycles. The molecule has 2 N–H and O–H groups in total. The second-order valence-corrected chi connectivity index (χ2v) is 24.3. The Morgan fingerprint density at radius 2 is 1.74 bits per heavy atom.